The molecule has 0 aliphatic rings. The first-order valence-electron chi connectivity index (χ1n) is 7.85. The van der Waals surface area contributed by atoms with E-state index in [1.165, 1.54) is 6.08 Å². The highest BCUT2D eigenvalue weighted by molar-refractivity contribution is 5.89. The van der Waals surface area contributed by atoms with Gasteiger partial charge in [-0.1, -0.05) is 0 Å². The molecule has 0 radical (unpaired) electrons. The van der Waals surface area contributed by atoms with Gasteiger partial charge in [0, 0.05) is 23.6 Å². The van der Waals surface area contributed by atoms with E-state index < -0.39 is 5.97 Å². The number of carbonyl (C=O) groups is 2. The van der Waals surface area contributed by atoms with Crippen molar-refractivity contribution in [2.24, 2.45) is 0 Å². The minimum Gasteiger partial charge on any atom is -0.497 e. The van der Waals surface area contributed by atoms with Gasteiger partial charge < -0.3 is 14.3 Å². The van der Waals surface area contributed by atoms with Gasteiger partial charge in [0.15, 0.2) is 0 Å². The van der Waals surface area contributed by atoms with Gasteiger partial charge in [0.2, 0.25) is 0 Å². The molecule has 0 aliphatic heterocycles. The third-order valence-electron chi connectivity index (χ3n) is 3.53. The van der Waals surface area contributed by atoms with Crippen molar-refractivity contribution < 1.29 is 19.1 Å². The number of rotatable bonds is 7. The number of fused-ring (bicyclic) bond motifs is 1. The highest BCUT2D eigenvalue weighted by Crippen LogP contribution is 2.23. The van der Waals surface area contributed by atoms with Gasteiger partial charge in [-0.3, -0.25) is 4.98 Å². The third-order valence-corrected chi connectivity index (χ3v) is 3.53. The lowest BCUT2D eigenvalue weighted by atomic mass is 10.0. The summed E-state index contributed by atoms with van der Waals surface area (Å²) in [5.41, 5.74) is 2.40. The molecule has 1 heterocycles. The van der Waals surface area contributed by atoms with Crippen LogP contribution in [0.3, 0.4) is 0 Å². The molecule has 24 heavy (non-hydrogen) atoms. The van der Waals surface area contributed by atoms with E-state index in [-0.39, 0.29) is 5.78 Å². The molecule has 5 nitrogen and oxygen atoms in total. The summed E-state index contributed by atoms with van der Waals surface area (Å²) in [6.07, 6.45) is 4.00. The zero-order chi connectivity index (χ0) is 17.5. The lowest BCUT2D eigenvalue weighted by molar-refractivity contribution is -0.137. The molecule has 0 atom stereocenters. The summed E-state index contributed by atoms with van der Waals surface area (Å²) in [5.74, 6) is 0.439. The summed E-state index contributed by atoms with van der Waals surface area (Å²) >= 11 is 0. The number of ketones is 1. The first-order valence-corrected chi connectivity index (χ1v) is 7.85. The van der Waals surface area contributed by atoms with Gasteiger partial charge in [-0.05, 0) is 56.2 Å². The van der Waals surface area contributed by atoms with Gasteiger partial charge in [0.25, 0.3) is 0 Å². The van der Waals surface area contributed by atoms with Crippen LogP contribution in [0.25, 0.3) is 17.0 Å². The Balaban J connectivity index is 2.43. The number of Topliss-reactive ketones (excluding diaryl/α,β-unsaturated/α-hetero) is 1. The second kappa shape index (κ2) is 8.24. The van der Waals surface area contributed by atoms with Gasteiger partial charge in [0.05, 0.1) is 19.2 Å². The molecule has 0 amide bonds. The standard InChI is InChI=1S/C19H21NO4/c1-4-24-19(22)10-6-14-11-15-12-16(23-3)7-9-18(15)20-17(14)8-5-13(2)21/h6-7,9-12H,4-5,8H2,1-3H3/b10-6+. The highest BCUT2D eigenvalue weighted by atomic mass is 16.5. The van der Waals surface area contributed by atoms with Crippen molar-refractivity contribution in [3.05, 3.63) is 41.6 Å². The van der Waals surface area contributed by atoms with Gasteiger partial charge in [-0.2, -0.15) is 0 Å². The van der Waals surface area contributed by atoms with E-state index in [2.05, 4.69) is 4.98 Å². The molecular formula is C19H21NO4. The van der Waals surface area contributed by atoms with E-state index in [4.69, 9.17) is 9.47 Å². The first kappa shape index (κ1) is 17.7. The summed E-state index contributed by atoms with van der Waals surface area (Å²) in [7, 11) is 1.61. The van der Waals surface area contributed by atoms with Crippen LogP contribution in [-0.2, 0) is 20.7 Å². The molecule has 5 heteroatoms. The maximum Gasteiger partial charge on any atom is 0.330 e. The Kier molecular flexibility index (Phi) is 6.07. The number of pyridine rings is 1. The smallest absolute Gasteiger partial charge is 0.330 e. The fourth-order valence-electron chi connectivity index (χ4n) is 2.32. The lowest BCUT2D eigenvalue weighted by Crippen LogP contribution is -2.02. The molecule has 0 fully saturated rings. The number of hydrogen-bond donors (Lipinski definition) is 0. The molecule has 0 N–H and O–H groups in total. The Morgan fingerprint density at radius 1 is 1.25 bits per heavy atom. The Bertz CT molecular complexity index is 780. The van der Waals surface area contributed by atoms with Gasteiger partial charge in [-0.25, -0.2) is 4.79 Å². The molecule has 0 unspecified atom stereocenters. The minimum atomic E-state index is -0.402. The third kappa shape index (κ3) is 4.65. The van der Waals surface area contributed by atoms with Crippen LogP contribution in [0.5, 0.6) is 5.75 Å². The van der Waals surface area contributed by atoms with Crippen molar-refractivity contribution in [3.63, 3.8) is 0 Å². The fraction of sp³-hybridized carbons (Fsp3) is 0.316. The van der Waals surface area contributed by atoms with E-state index in [1.807, 2.05) is 24.3 Å². The molecule has 0 bridgehead atoms. The number of aryl methyl sites for hydroxylation is 1. The van der Waals surface area contributed by atoms with E-state index in [1.54, 1.807) is 27.0 Å². The summed E-state index contributed by atoms with van der Waals surface area (Å²) in [6, 6.07) is 7.55. The van der Waals surface area contributed by atoms with E-state index >= 15 is 0 Å². The van der Waals surface area contributed by atoms with E-state index in [9.17, 15) is 9.59 Å². The number of carbonyl (C=O) groups excluding carboxylic acids is 2. The molecule has 2 aromatic rings. The maximum absolute atomic E-state index is 11.6. The van der Waals surface area contributed by atoms with Crippen LogP contribution >= 0.6 is 0 Å². The Morgan fingerprint density at radius 2 is 2.04 bits per heavy atom. The molecule has 2 rings (SSSR count). The van der Waals surface area contributed by atoms with E-state index in [0.29, 0.717) is 19.4 Å². The average Bonchev–Trinajstić information content (AvgIpc) is 2.57. The van der Waals surface area contributed by atoms with E-state index in [0.717, 1.165) is 27.9 Å². The predicted octanol–water partition coefficient (Wildman–Crippen LogP) is 3.34. The van der Waals surface area contributed by atoms with Crippen molar-refractivity contribution >= 4 is 28.7 Å². The maximum atomic E-state index is 11.6. The number of benzene rings is 1. The molecule has 0 saturated heterocycles. The summed E-state index contributed by atoms with van der Waals surface area (Å²) in [6.45, 7) is 3.64. The average molecular weight is 327 g/mol. The zero-order valence-corrected chi connectivity index (χ0v) is 14.2. The van der Waals surface area contributed by atoms with Gasteiger partial charge in [-0.15, -0.1) is 0 Å². The SMILES string of the molecule is CCOC(=O)/C=C/c1cc2cc(OC)ccc2nc1CCC(C)=O. The predicted molar refractivity (Wildman–Crippen MR) is 93.0 cm³/mol. The number of ether oxygens (including phenoxy) is 2. The lowest BCUT2D eigenvalue weighted by Gasteiger charge is -2.09. The highest BCUT2D eigenvalue weighted by Gasteiger charge is 2.08. The number of nitrogens with zero attached hydrogens (tertiary/aromatic N) is 1. The van der Waals surface area contributed by atoms with Crippen molar-refractivity contribution in [1.29, 1.82) is 0 Å². The second-order valence-electron chi connectivity index (χ2n) is 5.37. The molecule has 0 aliphatic carbocycles. The summed E-state index contributed by atoms with van der Waals surface area (Å²) in [5, 5.41) is 0.907. The van der Waals surface area contributed by atoms with Crippen molar-refractivity contribution in [2.45, 2.75) is 26.7 Å². The van der Waals surface area contributed by atoms with Crippen LogP contribution in [0.1, 0.15) is 31.5 Å². The van der Waals surface area contributed by atoms with Crippen molar-refractivity contribution in [1.82, 2.24) is 4.98 Å². The molecule has 1 aromatic carbocycles. The fourth-order valence-corrected chi connectivity index (χ4v) is 2.32. The Hall–Kier alpha value is -2.69. The number of methoxy groups -OCH3 is 1. The summed E-state index contributed by atoms with van der Waals surface area (Å²) in [4.78, 5) is 27.5. The van der Waals surface area contributed by atoms with Crippen molar-refractivity contribution in [2.75, 3.05) is 13.7 Å². The Labute approximate surface area is 141 Å². The summed E-state index contributed by atoms with van der Waals surface area (Å²) < 4.78 is 10.1. The van der Waals surface area contributed by atoms with Crippen LogP contribution in [0.15, 0.2) is 30.3 Å². The van der Waals surface area contributed by atoms with Crippen LogP contribution in [0.4, 0.5) is 0 Å². The monoisotopic (exact) mass is 327 g/mol. The number of hydrogen-bond acceptors (Lipinski definition) is 5. The molecule has 0 spiro atoms. The van der Waals surface area contributed by atoms with Crippen molar-refractivity contribution in [3.8, 4) is 5.75 Å². The molecular weight excluding hydrogens is 306 g/mol. The quantitative estimate of drug-likeness (QED) is 0.576. The van der Waals surface area contributed by atoms with Crippen LogP contribution in [0.2, 0.25) is 0 Å². The second-order valence-corrected chi connectivity index (χ2v) is 5.37. The van der Waals surface area contributed by atoms with Crippen LogP contribution < -0.4 is 4.74 Å². The van der Waals surface area contributed by atoms with Gasteiger partial charge >= 0.3 is 5.97 Å². The molecule has 1 aromatic heterocycles. The van der Waals surface area contributed by atoms with Crippen LogP contribution in [0, 0.1) is 0 Å². The van der Waals surface area contributed by atoms with Crippen LogP contribution in [-0.4, -0.2) is 30.5 Å². The number of aromatic nitrogens is 1. The molecule has 126 valence electrons. The number of esters is 1. The largest absolute Gasteiger partial charge is 0.497 e. The zero-order valence-electron chi connectivity index (χ0n) is 14.2. The Morgan fingerprint density at radius 3 is 2.71 bits per heavy atom. The topological polar surface area (TPSA) is 65.5 Å². The first-order chi connectivity index (χ1) is 11.5. The van der Waals surface area contributed by atoms with Gasteiger partial charge in [0.1, 0.15) is 11.5 Å². The normalized spacial score (nSPS) is 11.0. The molecule has 0 saturated carbocycles. The minimum absolute atomic E-state index is 0.104.